The molecule has 0 aromatic carbocycles. The van der Waals surface area contributed by atoms with E-state index in [-0.39, 0.29) is 23.7 Å². The summed E-state index contributed by atoms with van der Waals surface area (Å²) >= 11 is 5.50. The van der Waals surface area contributed by atoms with Crippen molar-refractivity contribution in [1.29, 1.82) is 0 Å². The average Bonchev–Trinajstić information content (AvgIpc) is 2.92. The maximum Gasteiger partial charge on any atom is 0.287 e. The summed E-state index contributed by atoms with van der Waals surface area (Å²) in [6.07, 6.45) is 2.96. The average molecular weight is 271 g/mol. The highest BCUT2D eigenvalue weighted by atomic mass is 35.5. The van der Waals surface area contributed by atoms with E-state index >= 15 is 0 Å². The maximum atomic E-state index is 11.7. The van der Waals surface area contributed by atoms with Crippen LogP contribution in [0.4, 0.5) is 0 Å². The normalized spacial score (nSPS) is 16.6. The number of likely N-dealkylation sites (tertiary alicyclic amines) is 1. The molecule has 1 N–H and O–H groups in total. The van der Waals surface area contributed by atoms with Gasteiger partial charge in [0, 0.05) is 19.1 Å². The smallest absolute Gasteiger partial charge is 0.287 e. The van der Waals surface area contributed by atoms with Crippen LogP contribution in [-0.2, 0) is 4.79 Å². The Labute approximate surface area is 110 Å². The highest BCUT2D eigenvalue weighted by molar-refractivity contribution is 6.27. The number of carbonyl (C=O) groups excluding carboxylic acids is 2. The summed E-state index contributed by atoms with van der Waals surface area (Å²) in [5.41, 5.74) is 0. The molecule has 1 aromatic rings. The van der Waals surface area contributed by atoms with Gasteiger partial charge in [0.1, 0.15) is 5.88 Å². The lowest BCUT2D eigenvalue weighted by molar-refractivity contribution is -0.129. The summed E-state index contributed by atoms with van der Waals surface area (Å²) in [6.45, 7) is 1.27. The Morgan fingerprint density at radius 1 is 1.44 bits per heavy atom. The van der Waals surface area contributed by atoms with E-state index in [2.05, 4.69) is 5.32 Å². The zero-order valence-electron chi connectivity index (χ0n) is 9.89. The van der Waals surface area contributed by atoms with Crippen molar-refractivity contribution in [2.75, 3.05) is 19.0 Å². The molecule has 0 spiro atoms. The molecule has 0 bridgehead atoms. The van der Waals surface area contributed by atoms with Gasteiger partial charge in [-0.25, -0.2) is 0 Å². The molecule has 2 amide bonds. The molecule has 0 saturated carbocycles. The molecule has 1 aliphatic heterocycles. The van der Waals surface area contributed by atoms with Crippen molar-refractivity contribution in [1.82, 2.24) is 10.2 Å². The molecule has 0 radical (unpaired) electrons. The fourth-order valence-corrected chi connectivity index (χ4v) is 2.19. The van der Waals surface area contributed by atoms with Gasteiger partial charge in [0.25, 0.3) is 5.91 Å². The quantitative estimate of drug-likeness (QED) is 0.841. The number of hydrogen-bond acceptors (Lipinski definition) is 3. The van der Waals surface area contributed by atoms with Gasteiger partial charge in [0.15, 0.2) is 5.76 Å². The summed E-state index contributed by atoms with van der Waals surface area (Å²) in [5.74, 6) is 0.0764. The Morgan fingerprint density at radius 2 is 2.17 bits per heavy atom. The van der Waals surface area contributed by atoms with Crippen molar-refractivity contribution < 1.29 is 14.0 Å². The fourth-order valence-electron chi connectivity index (χ4n) is 2.02. The predicted octanol–water partition coefficient (Wildman–Crippen LogP) is 1.24. The number of halogens is 1. The van der Waals surface area contributed by atoms with Gasteiger partial charge in [0.2, 0.25) is 5.91 Å². The van der Waals surface area contributed by atoms with Crippen LogP contribution in [0.3, 0.4) is 0 Å². The molecule has 0 unspecified atom stereocenters. The Hall–Kier alpha value is -1.49. The first-order chi connectivity index (χ1) is 8.70. The first-order valence-corrected chi connectivity index (χ1v) is 6.42. The second-order valence-electron chi connectivity index (χ2n) is 4.24. The van der Waals surface area contributed by atoms with Gasteiger partial charge in [0.05, 0.1) is 6.26 Å². The summed E-state index contributed by atoms with van der Waals surface area (Å²) in [7, 11) is 0. The second-order valence-corrected chi connectivity index (χ2v) is 4.51. The lowest BCUT2D eigenvalue weighted by Gasteiger charge is -2.31. The van der Waals surface area contributed by atoms with Gasteiger partial charge in [-0.15, -0.1) is 11.6 Å². The van der Waals surface area contributed by atoms with Crippen molar-refractivity contribution in [3.8, 4) is 0 Å². The second kappa shape index (κ2) is 5.91. The molecule has 6 heteroatoms. The van der Waals surface area contributed by atoms with Crippen LogP contribution in [0.15, 0.2) is 22.8 Å². The number of amides is 2. The van der Waals surface area contributed by atoms with Crippen LogP contribution in [0.2, 0.25) is 0 Å². The molecule has 0 aliphatic carbocycles. The van der Waals surface area contributed by atoms with Crippen LogP contribution in [-0.4, -0.2) is 41.7 Å². The standard InChI is InChI=1S/C12H15ClN2O3/c13-8-11(16)15-5-3-9(4-6-15)14-12(17)10-2-1-7-18-10/h1-2,7,9H,3-6,8H2,(H,14,17). The Morgan fingerprint density at radius 3 is 2.72 bits per heavy atom. The third kappa shape index (κ3) is 3.04. The molecule has 2 rings (SSSR count). The molecule has 98 valence electrons. The first-order valence-electron chi connectivity index (χ1n) is 5.89. The molecule has 18 heavy (non-hydrogen) atoms. The van der Waals surface area contributed by atoms with Gasteiger partial charge in [-0.3, -0.25) is 9.59 Å². The van der Waals surface area contributed by atoms with Crippen LogP contribution < -0.4 is 5.32 Å². The highest BCUT2D eigenvalue weighted by Crippen LogP contribution is 2.12. The number of hydrogen-bond donors (Lipinski definition) is 1. The van der Waals surface area contributed by atoms with Gasteiger partial charge in [-0.1, -0.05) is 0 Å². The number of carbonyl (C=O) groups is 2. The number of nitrogens with zero attached hydrogens (tertiary/aromatic N) is 1. The van der Waals surface area contributed by atoms with Crippen LogP contribution in [0.25, 0.3) is 0 Å². The van der Waals surface area contributed by atoms with E-state index in [1.165, 1.54) is 6.26 Å². The van der Waals surface area contributed by atoms with Crippen molar-refractivity contribution in [3.63, 3.8) is 0 Å². The largest absolute Gasteiger partial charge is 0.459 e. The Balaban J connectivity index is 1.80. The molecule has 1 fully saturated rings. The van der Waals surface area contributed by atoms with Crippen LogP contribution >= 0.6 is 11.6 Å². The molecule has 1 saturated heterocycles. The highest BCUT2D eigenvalue weighted by Gasteiger charge is 2.24. The van der Waals surface area contributed by atoms with Gasteiger partial charge in [-0.05, 0) is 25.0 Å². The summed E-state index contributed by atoms with van der Waals surface area (Å²) in [4.78, 5) is 24.8. The zero-order chi connectivity index (χ0) is 13.0. The Bertz CT molecular complexity index is 411. The maximum absolute atomic E-state index is 11.7. The Kier molecular flexibility index (Phi) is 4.25. The topological polar surface area (TPSA) is 62.6 Å². The van der Waals surface area contributed by atoms with Crippen molar-refractivity contribution >= 4 is 23.4 Å². The fraction of sp³-hybridized carbons (Fsp3) is 0.500. The minimum absolute atomic E-state index is 0.0173. The summed E-state index contributed by atoms with van der Waals surface area (Å²) in [6, 6.07) is 3.39. The molecule has 1 aromatic heterocycles. The number of rotatable bonds is 3. The van der Waals surface area contributed by atoms with E-state index in [1.807, 2.05) is 0 Å². The lowest BCUT2D eigenvalue weighted by atomic mass is 10.0. The van der Waals surface area contributed by atoms with Gasteiger partial charge >= 0.3 is 0 Å². The molecule has 5 nitrogen and oxygen atoms in total. The lowest BCUT2D eigenvalue weighted by Crippen LogP contribution is -2.46. The number of piperidine rings is 1. The summed E-state index contributed by atoms with van der Waals surface area (Å²) < 4.78 is 5.02. The third-order valence-electron chi connectivity index (χ3n) is 3.04. The van der Waals surface area contributed by atoms with Crippen molar-refractivity contribution in [2.45, 2.75) is 18.9 Å². The van der Waals surface area contributed by atoms with Gasteiger partial charge < -0.3 is 14.6 Å². The molecule has 1 aliphatic rings. The minimum Gasteiger partial charge on any atom is -0.459 e. The number of furan rings is 1. The molecule has 2 heterocycles. The zero-order valence-corrected chi connectivity index (χ0v) is 10.7. The van der Waals surface area contributed by atoms with E-state index < -0.39 is 0 Å². The SMILES string of the molecule is O=C(NC1CCN(C(=O)CCl)CC1)c1ccco1. The number of alkyl halides is 1. The number of nitrogens with one attached hydrogen (secondary N) is 1. The minimum atomic E-state index is -0.206. The predicted molar refractivity (Wildman–Crippen MR) is 66.5 cm³/mol. The summed E-state index contributed by atoms with van der Waals surface area (Å²) in [5, 5.41) is 2.90. The van der Waals surface area contributed by atoms with Crippen LogP contribution in [0.1, 0.15) is 23.4 Å². The monoisotopic (exact) mass is 270 g/mol. The van der Waals surface area contributed by atoms with Crippen molar-refractivity contribution in [2.24, 2.45) is 0 Å². The van der Waals surface area contributed by atoms with Crippen LogP contribution in [0, 0.1) is 0 Å². The van der Waals surface area contributed by atoms with E-state index in [1.54, 1.807) is 17.0 Å². The van der Waals surface area contributed by atoms with Crippen LogP contribution in [0.5, 0.6) is 0 Å². The third-order valence-corrected chi connectivity index (χ3v) is 3.27. The van der Waals surface area contributed by atoms with Crippen molar-refractivity contribution in [3.05, 3.63) is 24.2 Å². The van der Waals surface area contributed by atoms with E-state index in [4.69, 9.17) is 16.0 Å². The molecule has 0 atom stereocenters. The van der Waals surface area contributed by atoms with E-state index in [0.717, 1.165) is 12.8 Å². The molecular weight excluding hydrogens is 256 g/mol. The first kappa shape index (κ1) is 13.0. The van der Waals surface area contributed by atoms with Gasteiger partial charge in [-0.2, -0.15) is 0 Å². The molecular formula is C12H15ClN2O3. The van der Waals surface area contributed by atoms with E-state index in [0.29, 0.717) is 18.8 Å². The van der Waals surface area contributed by atoms with E-state index in [9.17, 15) is 9.59 Å².